The van der Waals surface area contributed by atoms with E-state index in [-0.39, 0.29) is 0 Å². The van der Waals surface area contributed by atoms with Crippen molar-refractivity contribution in [3.05, 3.63) is 62.8 Å². The predicted octanol–water partition coefficient (Wildman–Crippen LogP) is 4.08. The first-order valence-corrected chi connectivity index (χ1v) is 6.77. The van der Waals surface area contributed by atoms with E-state index in [4.69, 9.17) is 11.6 Å². The largest absolute Gasteiger partial charge is 0.388 e. The Morgan fingerprint density at radius 1 is 1.39 bits per heavy atom. The minimum atomic E-state index is -0.567. The monoisotopic (exact) mass is 325 g/mol. The summed E-state index contributed by atoms with van der Waals surface area (Å²) in [7, 11) is 0. The number of halogens is 2. The molecule has 1 aromatic carbocycles. The molecule has 0 aliphatic heterocycles. The summed E-state index contributed by atoms with van der Waals surface area (Å²) in [5.74, 6) is 0. The van der Waals surface area contributed by atoms with Crippen LogP contribution in [0.3, 0.4) is 0 Å². The van der Waals surface area contributed by atoms with E-state index in [9.17, 15) is 5.11 Å². The van der Waals surface area contributed by atoms with Crippen molar-refractivity contribution in [2.75, 3.05) is 0 Å². The van der Waals surface area contributed by atoms with E-state index in [1.807, 2.05) is 31.2 Å². The van der Waals surface area contributed by atoms with Gasteiger partial charge >= 0.3 is 0 Å². The van der Waals surface area contributed by atoms with Gasteiger partial charge in [-0.1, -0.05) is 33.6 Å². The summed E-state index contributed by atoms with van der Waals surface area (Å²) in [5.41, 5.74) is 2.88. The first-order chi connectivity index (χ1) is 8.58. The number of rotatable bonds is 3. The Kier molecular flexibility index (Phi) is 4.38. The molecule has 1 atom stereocenters. The van der Waals surface area contributed by atoms with E-state index in [0.29, 0.717) is 11.4 Å². The second-order valence-corrected chi connectivity index (χ2v) is 5.51. The third-order valence-corrected chi connectivity index (χ3v) is 3.70. The maximum absolute atomic E-state index is 10.3. The van der Waals surface area contributed by atoms with E-state index in [2.05, 4.69) is 20.9 Å². The van der Waals surface area contributed by atoms with Gasteiger partial charge in [0, 0.05) is 23.3 Å². The van der Waals surface area contributed by atoms with Gasteiger partial charge in [0.05, 0.1) is 11.1 Å². The van der Waals surface area contributed by atoms with Crippen molar-refractivity contribution in [2.24, 2.45) is 0 Å². The molecular weight excluding hydrogens is 314 g/mol. The Morgan fingerprint density at radius 3 is 2.89 bits per heavy atom. The zero-order valence-corrected chi connectivity index (χ0v) is 12.2. The van der Waals surface area contributed by atoms with Crippen LogP contribution in [0, 0.1) is 6.92 Å². The standard InChI is InChI=1S/C14H13BrClNO/c1-9-2-3-11(15)7-12(9)14(18)6-10-4-5-17-8-13(10)16/h2-5,7-8,14,18H,6H2,1H3. The molecule has 1 unspecified atom stereocenters. The summed E-state index contributed by atoms with van der Waals surface area (Å²) in [4.78, 5) is 3.94. The van der Waals surface area contributed by atoms with Gasteiger partial charge in [0.25, 0.3) is 0 Å². The topological polar surface area (TPSA) is 33.1 Å². The highest BCUT2D eigenvalue weighted by Crippen LogP contribution is 2.27. The Labute approximate surface area is 120 Å². The van der Waals surface area contributed by atoms with Gasteiger partial charge in [-0.3, -0.25) is 4.98 Å². The van der Waals surface area contributed by atoms with Gasteiger partial charge in [-0.05, 0) is 41.8 Å². The lowest BCUT2D eigenvalue weighted by Gasteiger charge is -2.15. The van der Waals surface area contributed by atoms with Gasteiger partial charge in [-0.15, -0.1) is 0 Å². The van der Waals surface area contributed by atoms with Crippen LogP contribution in [-0.4, -0.2) is 10.1 Å². The summed E-state index contributed by atoms with van der Waals surface area (Å²) in [5, 5.41) is 10.9. The smallest absolute Gasteiger partial charge is 0.0833 e. The lowest BCUT2D eigenvalue weighted by atomic mass is 9.98. The predicted molar refractivity (Wildman–Crippen MR) is 76.8 cm³/mol. The highest BCUT2D eigenvalue weighted by molar-refractivity contribution is 9.10. The quantitative estimate of drug-likeness (QED) is 0.922. The average molecular weight is 327 g/mol. The second kappa shape index (κ2) is 5.83. The molecule has 94 valence electrons. The first kappa shape index (κ1) is 13.5. The number of pyridine rings is 1. The molecule has 0 radical (unpaired) electrons. The zero-order chi connectivity index (χ0) is 13.1. The van der Waals surface area contributed by atoms with Gasteiger partial charge in [0.2, 0.25) is 0 Å². The molecule has 0 fully saturated rings. The van der Waals surface area contributed by atoms with Gasteiger partial charge < -0.3 is 5.11 Å². The van der Waals surface area contributed by atoms with Crippen LogP contribution in [-0.2, 0) is 6.42 Å². The zero-order valence-electron chi connectivity index (χ0n) is 9.90. The molecule has 0 saturated carbocycles. The molecule has 0 amide bonds. The van der Waals surface area contributed by atoms with E-state index < -0.39 is 6.10 Å². The number of aliphatic hydroxyl groups is 1. The minimum absolute atomic E-state index is 0.485. The maximum atomic E-state index is 10.3. The van der Waals surface area contributed by atoms with Crippen LogP contribution < -0.4 is 0 Å². The van der Waals surface area contributed by atoms with Gasteiger partial charge in [0.15, 0.2) is 0 Å². The van der Waals surface area contributed by atoms with E-state index in [1.165, 1.54) is 0 Å². The SMILES string of the molecule is Cc1ccc(Br)cc1C(O)Cc1ccncc1Cl. The summed E-state index contributed by atoms with van der Waals surface area (Å²) in [6, 6.07) is 7.72. The Balaban J connectivity index is 2.25. The Bertz CT molecular complexity index is 559. The summed E-state index contributed by atoms with van der Waals surface area (Å²) in [6.07, 6.45) is 3.19. The molecule has 18 heavy (non-hydrogen) atoms. The highest BCUT2D eigenvalue weighted by atomic mass is 79.9. The molecule has 0 aliphatic carbocycles. The fourth-order valence-electron chi connectivity index (χ4n) is 1.86. The van der Waals surface area contributed by atoms with Crippen molar-refractivity contribution in [1.82, 2.24) is 4.98 Å². The third-order valence-electron chi connectivity index (χ3n) is 2.87. The van der Waals surface area contributed by atoms with Crippen molar-refractivity contribution in [1.29, 1.82) is 0 Å². The second-order valence-electron chi connectivity index (χ2n) is 4.19. The molecule has 0 bridgehead atoms. The number of nitrogens with zero attached hydrogens (tertiary/aromatic N) is 1. The number of hydrogen-bond acceptors (Lipinski definition) is 2. The number of aromatic nitrogens is 1. The number of benzene rings is 1. The molecule has 1 N–H and O–H groups in total. The number of aryl methyl sites for hydroxylation is 1. The average Bonchev–Trinajstić information content (AvgIpc) is 2.35. The molecule has 2 rings (SSSR count). The number of aliphatic hydroxyl groups excluding tert-OH is 1. The first-order valence-electron chi connectivity index (χ1n) is 5.60. The highest BCUT2D eigenvalue weighted by Gasteiger charge is 2.13. The van der Waals surface area contributed by atoms with Crippen LogP contribution in [0.1, 0.15) is 22.8 Å². The van der Waals surface area contributed by atoms with Crippen molar-refractivity contribution >= 4 is 27.5 Å². The summed E-state index contributed by atoms with van der Waals surface area (Å²) < 4.78 is 0.961. The Morgan fingerprint density at radius 2 is 2.17 bits per heavy atom. The molecule has 2 nitrogen and oxygen atoms in total. The van der Waals surface area contributed by atoms with Crippen LogP contribution >= 0.6 is 27.5 Å². The molecule has 2 aromatic rings. The third kappa shape index (κ3) is 3.10. The van der Waals surface area contributed by atoms with Crippen LogP contribution in [0.25, 0.3) is 0 Å². The van der Waals surface area contributed by atoms with E-state index in [1.54, 1.807) is 12.4 Å². The minimum Gasteiger partial charge on any atom is -0.388 e. The summed E-state index contributed by atoms with van der Waals surface area (Å²) >= 11 is 9.46. The van der Waals surface area contributed by atoms with Crippen LogP contribution in [0.4, 0.5) is 0 Å². The van der Waals surface area contributed by atoms with Crippen molar-refractivity contribution < 1.29 is 5.11 Å². The normalized spacial score (nSPS) is 12.4. The van der Waals surface area contributed by atoms with E-state index >= 15 is 0 Å². The molecule has 0 aliphatic rings. The van der Waals surface area contributed by atoms with Crippen molar-refractivity contribution in [3.63, 3.8) is 0 Å². The maximum Gasteiger partial charge on any atom is 0.0833 e. The molecule has 0 spiro atoms. The van der Waals surface area contributed by atoms with Crippen molar-refractivity contribution in [2.45, 2.75) is 19.4 Å². The lowest BCUT2D eigenvalue weighted by Crippen LogP contribution is -2.04. The van der Waals surface area contributed by atoms with Gasteiger partial charge in [-0.25, -0.2) is 0 Å². The van der Waals surface area contributed by atoms with Crippen molar-refractivity contribution in [3.8, 4) is 0 Å². The Hall–Kier alpha value is -0.900. The van der Waals surface area contributed by atoms with Crippen LogP contribution in [0.2, 0.25) is 5.02 Å². The van der Waals surface area contributed by atoms with Crippen LogP contribution in [0.5, 0.6) is 0 Å². The molecule has 1 aromatic heterocycles. The van der Waals surface area contributed by atoms with Gasteiger partial charge in [-0.2, -0.15) is 0 Å². The molecular formula is C14H13BrClNO. The fraction of sp³-hybridized carbons (Fsp3) is 0.214. The molecule has 0 saturated heterocycles. The fourth-order valence-corrected chi connectivity index (χ4v) is 2.43. The van der Waals surface area contributed by atoms with E-state index in [0.717, 1.165) is 21.2 Å². The molecule has 1 heterocycles. The number of hydrogen-bond donors (Lipinski definition) is 1. The van der Waals surface area contributed by atoms with Crippen LogP contribution in [0.15, 0.2) is 41.1 Å². The summed E-state index contributed by atoms with van der Waals surface area (Å²) in [6.45, 7) is 1.99. The molecule has 4 heteroatoms. The van der Waals surface area contributed by atoms with Gasteiger partial charge in [0.1, 0.15) is 0 Å². The lowest BCUT2D eigenvalue weighted by molar-refractivity contribution is 0.177.